The lowest BCUT2D eigenvalue weighted by atomic mass is 10.1. The van der Waals surface area contributed by atoms with Crippen LogP contribution in [0, 0.1) is 6.92 Å². The van der Waals surface area contributed by atoms with Gasteiger partial charge < -0.3 is 16.2 Å². The van der Waals surface area contributed by atoms with Gasteiger partial charge >= 0.3 is 0 Å². The molecule has 1 amide bonds. The molecule has 5 heteroatoms. The van der Waals surface area contributed by atoms with Gasteiger partial charge in [-0.15, -0.1) is 0 Å². The molecular formula is C14H23N3O2. The Morgan fingerprint density at radius 2 is 2.21 bits per heavy atom. The summed E-state index contributed by atoms with van der Waals surface area (Å²) >= 11 is 0. The van der Waals surface area contributed by atoms with Gasteiger partial charge in [0.2, 0.25) is 5.91 Å². The van der Waals surface area contributed by atoms with Crippen LogP contribution in [0.2, 0.25) is 0 Å². The van der Waals surface area contributed by atoms with Crippen molar-refractivity contribution in [1.82, 2.24) is 4.90 Å². The molecule has 1 unspecified atom stereocenters. The molecule has 1 rings (SSSR count). The molecular weight excluding hydrogens is 242 g/mol. The maximum absolute atomic E-state index is 12.2. The highest BCUT2D eigenvalue weighted by molar-refractivity contribution is 5.95. The van der Waals surface area contributed by atoms with Crippen molar-refractivity contribution in [2.75, 3.05) is 30.7 Å². The average Bonchev–Trinajstić information content (AvgIpc) is 2.39. The molecule has 0 radical (unpaired) electrons. The van der Waals surface area contributed by atoms with Crippen molar-refractivity contribution in [1.29, 1.82) is 0 Å². The van der Waals surface area contributed by atoms with Crippen molar-refractivity contribution in [2.24, 2.45) is 0 Å². The summed E-state index contributed by atoms with van der Waals surface area (Å²) in [6, 6.07) is 5.14. The number of nitrogen functional groups attached to an aromatic ring is 1. The molecule has 1 aromatic rings. The van der Waals surface area contributed by atoms with E-state index in [-0.39, 0.29) is 18.6 Å². The molecule has 0 spiro atoms. The van der Waals surface area contributed by atoms with Crippen molar-refractivity contribution >= 4 is 17.3 Å². The number of hydrogen-bond donors (Lipinski definition) is 3. The summed E-state index contributed by atoms with van der Waals surface area (Å²) in [4.78, 5) is 14.1. The Labute approximate surface area is 114 Å². The number of aryl methyl sites for hydroxylation is 1. The van der Waals surface area contributed by atoms with E-state index >= 15 is 0 Å². The molecule has 0 aliphatic rings. The van der Waals surface area contributed by atoms with Gasteiger partial charge in [-0.2, -0.15) is 0 Å². The lowest BCUT2D eigenvalue weighted by Gasteiger charge is -2.26. The molecule has 1 atom stereocenters. The van der Waals surface area contributed by atoms with E-state index in [4.69, 9.17) is 10.8 Å². The highest BCUT2D eigenvalue weighted by Gasteiger charge is 2.20. The van der Waals surface area contributed by atoms with E-state index in [1.807, 2.05) is 31.7 Å². The van der Waals surface area contributed by atoms with Gasteiger partial charge in [-0.25, -0.2) is 0 Å². The number of aliphatic hydroxyl groups excluding tert-OH is 1. The number of nitrogens with one attached hydrogen (secondary N) is 1. The van der Waals surface area contributed by atoms with Crippen LogP contribution < -0.4 is 11.1 Å². The minimum Gasteiger partial charge on any atom is -0.399 e. The van der Waals surface area contributed by atoms with Crippen molar-refractivity contribution in [3.63, 3.8) is 0 Å². The Kier molecular flexibility index (Phi) is 5.79. The molecule has 106 valence electrons. The normalized spacial score (nSPS) is 12.5. The standard InChI is InChI=1S/C14H23N3O2/c1-4-17(7-8-18)11(3)14(19)16-13-9-12(15)6-5-10(13)2/h5-6,9,11,18H,4,7-8,15H2,1-3H3,(H,16,19). The van der Waals surface area contributed by atoms with Crippen LogP contribution in [-0.4, -0.2) is 41.7 Å². The first-order chi connectivity index (χ1) is 8.99. The maximum atomic E-state index is 12.2. The van der Waals surface area contributed by atoms with Gasteiger partial charge in [-0.05, 0) is 38.1 Å². The van der Waals surface area contributed by atoms with Gasteiger partial charge in [0, 0.05) is 17.9 Å². The van der Waals surface area contributed by atoms with E-state index in [1.165, 1.54) is 0 Å². The fourth-order valence-corrected chi connectivity index (χ4v) is 1.93. The summed E-state index contributed by atoms with van der Waals surface area (Å²) in [7, 11) is 0. The highest BCUT2D eigenvalue weighted by atomic mass is 16.3. The van der Waals surface area contributed by atoms with Crippen LogP contribution in [0.3, 0.4) is 0 Å². The molecule has 4 N–H and O–H groups in total. The Bertz CT molecular complexity index is 435. The molecule has 5 nitrogen and oxygen atoms in total. The minimum absolute atomic E-state index is 0.0444. The van der Waals surface area contributed by atoms with Gasteiger partial charge in [0.05, 0.1) is 12.6 Å². The van der Waals surface area contributed by atoms with E-state index in [0.717, 1.165) is 11.3 Å². The van der Waals surface area contributed by atoms with E-state index in [1.54, 1.807) is 12.1 Å². The summed E-state index contributed by atoms with van der Waals surface area (Å²) < 4.78 is 0. The number of anilines is 2. The number of benzene rings is 1. The molecule has 0 heterocycles. The summed E-state index contributed by atoms with van der Waals surface area (Å²) in [5, 5.41) is 11.9. The van der Waals surface area contributed by atoms with E-state index in [0.29, 0.717) is 18.8 Å². The Balaban J connectivity index is 2.75. The zero-order valence-corrected chi connectivity index (χ0v) is 11.8. The Morgan fingerprint density at radius 1 is 1.53 bits per heavy atom. The summed E-state index contributed by atoms with van der Waals surface area (Å²) in [6.45, 7) is 6.96. The molecule has 0 aromatic heterocycles. The number of hydrogen-bond acceptors (Lipinski definition) is 4. The monoisotopic (exact) mass is 265 g/mol. The summed E-state index contributed by atoms with van der Waals surface area (Å²) in [6.07, 6.45) is 0. The zero-order valence-electron chi connectivity index (χ0n) is 11.8. The van der Waals surface area contributed by atoms with Crippen LogP contribution in [0.5, 0.6) is 0 Å². The molecule has 19 heavy (non-hydrogen) atoms. The second-order valence-corrected chi connectivity index (χ2v) is 4.59. The molecule has 0 bridgehead atoms. The number of carbonyl (C=O) groups excluding carboxylic acids is 1. The maximum Gasteiger partial charge on any atom is 0.241 e. The van der Waals surface area contributed by atoms with E-state index < -0.39 is 0 Å². The SMILES string of the molecule is CCN(CCO)C(C)C(=O)Nc1cc(N)ccc1C. The third-order valence-corrected chi connectivity index (χ3v) is 3.24. The predicted molar refractivity (Wildman–Crippen MR) is 78.0 cm³/mol. The van der Waals surface area contributed by atoms with Crippen LogP contribution in [0.15, 0.2) is 18.2 Å². The quantitative estimate of drug-likeness (QED) is 0.676. The third kappa shape index (κ3) is 4.22. The third-order valence-electron chi connectivity index (χ3n) is 3.24. The Hall–Kier alpha value is -1.59. The van der Waals surface area contributed by atoms with Crippen molar-refractivity contribution in [3.05, 3.63) is 23.8 Å². The van der Waals surface area contributed by atoms with Crippen LogP contribution >= 0.6 is 0 Å². The first-order valence-electron chi connectivity index (χ1n) is 6.51. The van der Waals surface area contributed by atoms with Crippen molar-refractivity contribution < 1.29 is 9.90 Å². The lowest BCUT2D eigenvalue weighted by Crippen LogP contribution is -2.43. The molecule has 0 fully saturated rings. The minimum atomic E-state index is -0.294. The fraction of sp³-hybridized carbons (Fsp3) is 0.500. The second-order valence-electron chi connectivity index (χ2n) is 4.59. The van der Waals surface area contributed by atoms with Crippen LogP contribution in [-0.2, 0) is 4.79 Å². The molecule has 0 saturated carbocycles. The molecule has 0 saturated heterocycles. The predicted octanol–water partition coefficient (Wildman–Crippen LogP) is 1.22. The average molecular weight is 265 g/mol. The second kappa shape index (κ2) is 7.11. The lowest BCUT2D eigenvalue weighted by molar-refractivity contribution is -0.120. The first-order valence-corrected chi connectivity index (χ1v) is 6.51. The number of likely N-dealkylation sites (N-methyl/N-ethyl adjacent to an activating group) is 1. The largest absolute Gasteiger partial charge is 0.399 e. The fourth-order valence-electron chi connectivity index (χ4n) is 1.93. The number of carbonyl (C=O) groups is 1. The smallest absolute Gasteiger partial charge is 0.241 e. The van der Waals surface area contributed by atoms with Crippen LogP contribution in [0.4, 0.5) is 11.4 Å². The molecule has 0 aliphatic carbocycles. The van der Waals surface area contributed by atoms with Crippen molar-refractivity contribution in [2.45, 2.75) is 26.8 Å². The van der Waals surface area contributed by atoms with E-state index in [2.05, 4.69) is 5.32 Å². The molecule has 1 aromatic carbocycles. The number of rotatable bonds is 6. The van der Waals surface area contributed by atoms with Crippen molar-refractivity contribution in [3.8, 4) is 0 Å². The number of nitrogens with two attached hydrogens (primary N) is 1. The summed E-state index contributed by atoms with van der Waals surface area (Å²) in [5.41, 5.74) is 8.05. The van der Waals surface area contributed by atoms with Gasteiger partial charge in [0.1, 0.15) is 0 Å². The van der Waals surface area contributed by atoms with Crippen LogP contribution in [0.25, 0.3) is 0 Å². The summed E-state index contributed by atoms with van der Waals surface area (Å²) in [5.74, 6) is -0.0935. The topological polar surface area (TPSA) is 78.6 Å². The van der Waals surface area contributed by atoms with Gasteiger partial charge in [-0.1, -0.05) is 13.0 Å². The number of nitrogens with zero attached hydrogens (tertiary/aromatic N) is 1. The van der Waals surface area contributed by atoms with Gasteiger partial charge in [0.15, 0.2) is 0 Å². The van der Waals surface area contributed by atoms with Gasteiger partial charge in [0.25, 0.3) is 0 Å². The van der Waals surface area contributed by atoms with Gasteiger partial charge in [-0.3, -0.25) is 9.69 Å². The first kappa shape index (κ1) is 15.5. The highest BCUT2D eigenvalue weighted by Crippen LogP contribution is 2.18. The number of aliphatic hydroxyl groups is 1. The zero-order chi connectivity index (χ0) is 14.4. The number of amides is 1. The Morgan fingerprint density at radius 3 is 2.79 bits per heavy atom. The van der Waals surface area contributed by atoms with E-state index in [9.17, 15) is 4.79 Å². The van der Waals surface area contributed by atoms with Crippen LogP contribution in [0.1, 0.15) is 19.4 Å². The molecule has 0 aliphatic heterocycles.